The first-order valence-corrected chi connectivity index (χ1v) is 3.18. The molecule has 1 atom stereocenters. The van der Waals surface area contributed by atoms with Crippen LogP contribution in [0.4, 0.5) is 0 Å². The monoisotopic (exact) mass is 170 g/mol. The summed E-state index contributed by atoms with van der Waals surface area (Å²) in [5.74, 6) is -0.0434. The number of hydrogen-bond donors (Lipinski definition) is 2. The molecule has 0 rings (SSSR count). The molecule has 0 radical (unpaired) electrons. The molecule has 5 heteroatoms. The maximum absolute atomic E-state index is 10.5. The third-order valence-electron chi connectivity index (χ3n) is 0.904. The predicted molar refractivity (Wildman–Crippen MR) is 37.3 cm³/mol. The summed E-state index contributed by atoms with van der Waals surface area (Å²) in [6.45, 7) is 1.77. The standard InChI is InChI=1S/C4H8Cl2N2O/c1-3(9)4(8-6)2-7-5/h4,7-8H,2H2,1H3. The first-order chi connectivity index (χ1) is 4.22. The van der Waals surface area contributed by atoms with Gasteiger partial charge in [-0.05, 0) is 30.5 Å². The van der Waals surface area contributed by atoms with Crippen molar-refractivity contribution in [1.29, 1.82) is 0 Å². The molecule has 0 aliphatic heterocycles. The van der Waals surface area contributed by atoms with Gasteiger partial charge in [0.2, 0.25) is 0 Å². The average molecular weight is 171 g/mol. The zero-order valence-corrected chi connectivity index (χ0v) is 6.46. The van der Waals surface area contributed by atoms with Crippen molar-refractivity contribution in [3.63, 3.8) is 0 Å². The number of hydrogen-bond acceptors (Lipinski definition) is 3. The minimum Gasteiger partial charge on any atom is -0.298 e. The first kappa shape index (κ1) is 9.17. The van der Waals surface area contributed by atoms with E-state index in [-0.39, 0.29) is 5.78 Å². The van der Waals surface area contributed by atoms with Crippen LogP contribution >= 0.6 is 23.6 Å². The summed E-state index contributed by atoms with van der Waals surface area (Å²) in [4.78, 5) is 15.1. The Morgan fingerprint density at radius 2 is 2.22 bits per heavy atom. The summed E-state index contributed by atoms with van der Waals surface area (Å²) in [5, 5.41) is 0. The Balaban J connectivity index is 3.54. The Labute approximate surface area is 63.9 Å². The van der Waals surface area contributed by atoms with Crippen molar-refractivity contribution in [2.45, 2.75) is 13.0 Å². The number of Topliss-reactive ketones (excluding diaryl/α,β-unsaturated/α-hetero) is 1. The molecule has 0 aliphatic rings. The van der Waals surface area contributed by atoms with Crippen molar-refractivity contribution < 1.29 is 4.79 Å². The minimum absolute atomic E-state index is 0.0434. The molecule has 9 heavy (non-hydrogen) atoms. The summed E-state index contributed by atoms with van der Waals surface area (Å²) in [7, 11) is 0. The molecule has 3 nitrogen and oxygen atoms in total. The molecule has 0 heterocycles. The van der Waals surface area contributed by atoms with Gasteiger partial charge in [-0.15, -0.1) is 0 Å². The molecule has 1 unspecified atom stereocenters. The van der Waals surface area contributed by atoms with Crippen LogP contribution in [0.3, 0.4) is 0 Å². The van der Waals surface area contributed by atoms with E-state index in [0.717, 1.165) is 0 Å². The average Bonchev–Trinajstić information content (AvgIpc) is 1.82. The maximum atomic E-state index is 10.5. The van der Waals surface area contributed by atoms with E-state index in [1.807, 2.05) is 0 Å². The molecule has 0 aliphatic carbocycles. The Bertz CT molecular complexity index is 98.6. The lowest BCUT2D eigenvalue weighted by atomic mass is 10.2. The highest BCUT2D eigenvalue weighted by molar-refractivity contribution is 6.15. The van der Waals surface area contributed by atoms with E-state index in [9.17, 15) is 4.79 Å². The Kier molecular flexibility index (Phi) is 5.09. The van der Waals surface area contributed by atoms with Gasteiger partial charge in [-0.1, -0.05) is 0 Å². The Morgan fingerprint density at radius 1 is 1.67 bits per heavy atom. The summed E-state index contributed by atoms with van der Waals surface area (Å²) < 4.78 is 0. The molecule has 0 saturated heterocycles. The van der Waals surface area contributed by atoms with Gasteiger partial charge < -0.3 is 0 Å². The fraction of sp³-hybridized carbons (Fsp3) is 0.750. The molecule has 0 bridgehead atoms. The van der Waals surface area contributed by atoms with Crippen LogP contribution in [0, 0.1) is 0 Å². The molecule has 0 fully saturated rings. The highest BCUT2D eigenvalue weighted by atomic mass is 35.5. The smallest absolute Gasteiger partial charge is 0.149 e. The number of ketones is 1. The molecule has 54 valence electrons. The van der Waals surface area contributed by atoms with E-state index < -0.39 is 6.04 Å². The lowest BCUT2D eigenvalue weighted by Crippen LogP contribution is -2.36. The number of nitrogens with one attached hydrogen (secondary N) is 2. The van der Waals surface area contributed by atoms with E-state index in [2.05, 4.69) is 9.67 Å². The highest BCUT2D eigenvalue weighted by Gasteiger charge is 2.10. The molecule has 0 aromatic carbocycles. The minimum atomic E-state index is -0.399. The van der Waals surface area contributed by atoms with Gasteiger partial charge in [-0.3, -0.25) is 4.79 Å². The van der Waals surface area contributed by atoms with Crippen LogP contribution in [0.2, 0.25) is 0 Å². The largest absolute Gasteiger partial charge is 0.298 e. The SMILES string of the molecule is CC(=O)C(CNCl)NCl. The van der Waals surface area contributed by atoms with Gasteiger partial charge >= 0.3 is 0 Å². The van der Waals surface area contributed by atoms with Gasteiger partial charge in [0, 0.05) is 6.54 Å². The van der Waals surface area contributed by atoms with Crippen LogP contribution in [0.1, 0.15) is 6.92 Å². The van der Waals surface area contributed by atoms with E-state index >= 15 is 0 Å². The number of carbonyl (C=O) groups is 1. The second-order valence-corrected chi connectivity index (χ2v) is 2.10. The lowest BCUT2D eigenvalue weighted by Gasteiger charge is -2.07. The normalized spacial score (nSPS) is 13.2. The van der Waals surface area contributed by atoms with E-state index in [1.165, 1.54) is 6.92 Å². The van der Waals surface area contributed by atoms with Gasteiger partial charge in [0.1, 0.15) is 5.78 Å². The second-order valence-electron chi connectivity index (χ2n) is 1.61. The summed E-state index contributed by atoms with van der Waals surface area (Å²) in [5.41, 5.74) is 0. The van der Waals surface area contributed by atoms with Gasteiger partial charge in [0.05, 0.1) is 6.04 Å². The van der Waals surface area contributed by atoms with E-state index in [1.54, 1.807) is 0 Å². The summed E-state index contributed by atoms with van der Waals surface area (Å²) in [6, 6.07) is -0.399. The highest BCUT2D eigenvalue weighted by Crippen LogP contribution is 1.85. The molecule has 0 aromatic rings. The topological polar surface area (TPSA) is 41.1 Å². The fourth-order valence-electron chi connectivity index (χ4n) is 0.336. The van der Waals surface area contributed by atoms with Crippen molar-refractivity contribution in [3.8, 4) is 0 Å². The van der Waals surface area contributed by atoms with Crippen molar-refractivity contribution in [2.75, 3.05) is 6.54 Å². The van der Waals surface area contributed by atoms with Crippen LogP contribution in [-0.2, 0) is 4.79 Å². The van der Waals surface area contributed by atoms with Crippen LogP contribution < -0.4 is 9.67 Å². The van der Waals surface area contributed by atoms with Crippen LogP contribution in [0.5, 0.6) is 0 Å². The molecular weight excluding hydrogens is 163 g/mol. The zero-order chi connectivity index (χ0) is 7.28. The third-order valence-corrected chi connectivity index (χ3v) is 1.32. The summed E-state index contributed by atoms with van der Waals surface area (Å²) in [6.07, 6.45) is 0. The third kappa shape index (κ3) is 3.70. The molecule has 2 N–H and O–H groups in total. The van der Waals surface area contributed by atoms with Crippen molar-refractivity contribution in [2.24, 2.45) is 0 Å². The maximum Gasteiger partial charge on any atom is 0.149 e. The van der Waals surface area contributed by atoms with Gasteiger partial charge in [0.15, 0.2) is 0 Å². The zero-order valence-electron chi connectivity index (χ0n) is 4.95. The van der Waals surface area contributed by atoms with Crippen molar-refractivity contribution >= 4 is 29.3 Å². The van der Waals surface area contributed by atoms with Crippen LogP contribution in [0.15, 0.2) is 0 Å². The lowest BCUT2D eigenvalue weighted by molar-refractivity contribution is -0.118. The van der Waals surface area contributed by atoms with Crippen LogP contribution in [-0.4, -0.2) is 18.4 Å². The number of carbonyl (C=O) groups excluding carboxylic acids is 1. The summed E-state index contributed by atoms with van der Waals surface area (Å²) >= 11 is 10.3. The second kappa shape index (κ2) is 4.99. The number of halogens is 2. The predicted octanol–water partition coefficient (Wildman–Crippen LogP) is 0.431. The number of rotatable bonds is 4. The van der Waals surface area contributed by atoms with Gasteiger partial charge in [0.25, 0.3) is 0 Å². The van der Waals surface area contributed by atoms with Crippen LogP contribution in [0.25, 0.3) is 0 Å². The Morgan fingerprint density at radius 3 is 2.33 bits per heavy atom. The molecule has 0 aromatic heterocycles. The molecule has 0 spiro atoms. The molecular formula is C4H8Cl2N2O. The molecule has 0 saturated carbocycles. The van der Waals surface area contributed by atoms with Crippen molar-refractivity contribution in [3.05, 3.63) is 0 Å². The molecule has 0 amide bonds. The van der Waals surface area contributed by atoms with Gasteiger partial charge in [-0.25, -0.2) is 9.67 Å². The van der Waals surface area contributed by atoms with Gasteiger partial charge in [-0.2, -0.15) is 0 Å². The van der Waals surface area contributed by atoms with Crippen molar-refractivity contribution in [1.82, 2.24) is 9.67 Å². The first-order valence-electron chi connectivity index (χ1n) is 2.42. The quantitative estimate of drug-likeness (QED) is 0.602. The Hall–Kier alpha value is 0.170. The fourth-order valence-corrected chi connectivity index (χ4v) is 0.721. The van der Waals surface area contributed by atoms with E-state index in [0.29, 0.717) is 6.54 Å². The van der Waals surface area contributed by atoms with E-state index in [4.69, 9.17) is 23.6 Å².